The Kier molecular flexibility index (Phi) is 3.96. The average molecular weight is 313 g/mol. The smallest absolute Gasteiger partial charge is 0.146 e. The number of anilines is 1. The Bertz CT molecular complexity index is 539. The van der Waals surface area contributed by atoms with E-state index in [-0.39, 0.29) is 11.9 Å². The van der Waals surface area contributed by atoms with Crippen molar-refractivity contribution in [1.82, 2.24) is 14.8 Å². The third kappa shape index (κ3) is 2.87. The molecule has 2 aromatic rings. The Morgan fingerprint density at radius 1 is 1.44 bits per heavy atom. The molecular weight excluding hydrogens is 299 g/mol. The largest absolute Gasteiger partial charge is 0.375 e. The minimum Gasteiger partial charge on any atom is -0.375 e. The first-order valence-corrected chi connectivity index (χ1v) is 6.44. The Morgan fingerprint density at radius 2 is 2.22 bits per heavy atom. The summed E-state index contributed by atoms with van der Waals surface area (Å²) in [7, 11) is 0. The lowest BCUT2D eigenvalue weighted by atomic mass is 10.3. The number of hydrogen-bond donors (Lipinski definition) is 1. The van der Waals surface area contributed by atoms with E-state index in [2.05, 4.69) is 31.3 Å². The van der Waals surface area contributed by atoms with Crippen molar-refractivity contribution in [3.63, 3.8) is 0 Å². The van der Waals surface area contributed by atoms with Crippen LogP contribution in [0.15, 0.2) is 29.0 Å². The molecule has 0 unspecified atom stereocenters. The van der Waals surface area contributed by atoms with Gasteiger partial charge >= 0.3 is 0 Å². The molecule has 0 amide bonds. The third-order valence-electron chi connectivity index (χ3n) is 2.50. The quantitative estimate of drug-likeness (QED) is 0.941. The van der Waals surface area contributed by atoms with Crippen LogP contribution in [-0.2, 0) is 6.54 Å². The van der Waals surface area contributed by atoms with Crippen LogP contribution in [0.25, 0.3) is 0 Å². The van der Waals surface area contributed by atoms with Gasteiger partial charge in [0, 0.05) is 10.5 Å². The summed E-state index contributed by atoms with van der Waals surface area (Å²) in [6, 6.07) is 5.01. The summed E-state index contributed by atoms with van der Waals surface area (Å²) in [4.78, 5) is 4.16. The number of nitrogens with one attached hydrogen (secondary N) is 1. The molecule has 1 aromatic heterocycles. The molecule has 0 saturated carbocycles. The second kappa shape index (κ2) is 5.48. The Balaban J connectivity index is 2.11. The Morgan fingerprint density at radius 3 is 2.94 bits per heavy atom. The maximum atomic E-state index is 13.5. The van der Waals surface area contributed by atoms with Gasteiger partial charge in [-0.2, -0.15) is 5.10 Å². The average Bonchev–Trinajstić information content (AvgIpc) is 2.79. The van der Waals surface area contributed by atoms with Gasteiger partial charge in [-0.05, 0) is 32.0 Å². The molecule has 0 aliphatic heterocycles. The summed E-state index contributed by atoms with van der Waals surface area (Å²) in [5.41, 5.74) is 0.447. The molecule has 0 aliphatic rings. The van der Waals surface area contributed by atoms with E-state index >= 15 is 0 Å². The molecule has 96 valence electrons. The molecule has 1 heterocycles. The molecule has 6 heteroatoms. The molecule has 0 spiro atoms. The van der Waals surface area contributed by atoms with Gasteiger partial charge in [0.15, 0.2) is 0 Å². The zero-order valence-electron chi connectivity index (χ0n) is 10.2. The number of aromatic nitrogens is 3. The van der Waals surface area contributed by atoms with Gasteiger partial charge in [0.05, 0.1) is 12.2 Å². The number of hydrogen-bond acceptors (Lipinski definition) is 3. The topological polar surface area (TPSA) is 42.7 Å². The van der Waals surface area contributed by atoms with Crippen LogP contribution in [0.1, 0.15) is 25.7 Å². The summed E-state index contributed by atoms with van der Waals surface area (Å²) in [5.74, 6) is 0.498. The summed E-state index contributed by atoms with van der Waals surface area (Å²) in [6.07, 6.45) is 1.51. The van der Waals surface area contributed by atoms with E-state index in [4.69, 9.17) is 0 Å². The molecule has 0 saturated heterocycles. The molecule has 0 radical (unpaired) electrons. The lowest BCUT2D eigenvalue weighted by Crippen LogP contribution is -2.12. The molecule has 18 heavy (non-hydrogen) atoms. The molecule has 1 aromatic carbocycles. The normalized spacial score (nSPS) is 10.9. The van der Waals surface area contributed by atoms with Gasteiger partial charge in [0.1, 0.15) is 18.0 Å². The van der Waals surface area contributed by atoms with Gasteiger partial charge in [0.2, 0.25) is 0 Å². The fraction of sp³-hybridized carbons (Fsp3) is 0.333. The lowest BCUT2D eigenvalue weighted by Gasteiger charge is -2.11. The summed E-state index contributed by atoms with van der Waals surface area (Å²) in [6.45, 7) is 4.49. The van der Waals surface area contributed by atoms with Gasteiger partial charge in [0.25, 0.3) is 0 Å². The van der Waals surface area contributed by atoms with E-state index in [0.29, 0.717) is 12.2 Å². The van der Waals surface area contributed by atoms with Gasteiger partial charge in [-0.3, -0.25) is 0 Å². The minimum atomic E-state index is -0.284. The van der Waals surface area contributed by atoms with Crippen molar-refractivity contribution in [3.05, 3.63) is 40.6 Å². The molecule has 4 nitrogen and oxygen atoms in total. The predicted molar refractivity (Wildman–Crippen MR) is 71.8 cm³/mol. The zero-order chi connectivity index (χ0) is 13.1. The molecule has 1 N–H and O–H groups in total. The van der Waals surface area contributed by atoms with E-state index in [9.17, 15) is 4.39 Å². The SMILES string of the molecule is CC(C)n1ncnc1CNc1cc(Br)ccc1F. The molecular formula is C12H14BrFN4. The van der Waals surface area contributed by atoms with E-state index < -0.39 is 0 Å². The fourth-order valence-corrected chi connectivity index (χ4v) is 2.00. The van der Waals surface area contributed by atoms with Crippen LogP contribution in [0.2, 0.25) is 0 Å². The lowest BCUT2D eigenvalue weighted by molar-refractivity contribution is 0.508. The van der Waals surface area contributed by atoms with Crippen molar-refractivity contribution >= 4 is 21.6 Å². The second-order valence-electron chi connectivity index (χ2n) is 4.19. The third-order valence-corrected chi connectivity index (χ3v) is 3.00. The van der Waals surface area contributed by atoms with E-state index in [1.54, 1.807) is 12.1 Å². The number of halogens is 2. The van der Waals surface area contributed by atoms with Crippen LogP contribution in [0, 0.1) is 5.82 Å². The van der Waals surface area contributed by atoms with E-state index in [1.165, 1.54) is 12.4 Å². The summed E-state index contributed by atoms with van der Waals surface area (Å²) in [5, 5.41) is 7.15. The van der Waals surface area contributed by atoms with Crippen molar-refractivity contribution in [2.45, 2.75) is 26.4 Å². The standard InChI is InChI=1S/C12H14BrFN4/c1-8(2)18-12(16-7-17-18)6-15-11-5-9(13)3-4-10(11)14/h3-5,7-8,15H,6H2,1-2H3. The van der Waals surface area contributed by atoms with Crippen LogP contribution < -0.4 is 5.32 Å². The van der Waals surface area contributed by atoms with Crippen molar-refractivity contribution < 1.29 is 4.39 Å². The predicted octanol–water partition coefficient (Wildman–Crippen LogP) is 3.37. The Hall–Kier alpha value is -1.43. The van der Waals surface area contributed by atoms with E-state index in [0.717, 1.165) is 10.3 Å². The van der Waals surface area contributed by atoms with Crippen LogP contribution >= 0.6 is 15.9 Å². The first-order valence-electron chi connectivity index (χ1n) is 5.65. The van der Waals surface area contributed by atoms with Gasteiger partial charge < -0.3 is 5.32 Å². The van der Waals surface area contributed by atoms with Crippen molar-refractivity contribution in [1.29, 1.82) is 0 Å². The highest BCUT2D eigenvalue weighted by Gasteiger charge is 2.08. The molecule has 0 aliphatic carbocycles. The van der Waals surface area contributed by atoms with Crippen LogP contribution in [0.4, 0.5) is 10.1 Å². The van der Waals surface area contributed by atoms with Crippen molar-refractivity contribution in [2.24, 2.45) is 0 Å². The molecule has 2 rings (SSSR count). The highest BCUT2D eigenvalue weighted by atomic mass is 79.9. The van der Waals surface area contributed by atoms with Gasteiger partial charge in [-0.1, -0.05) is 15.9 Å². The summed E-state index contributed by atoms with van der Waals surface area (Å²) < 4.78 is 16.2. The molecule has 0 atom stereocenters. The first kappa shape index (κ1) is 13.0. The number of nitrogens with zero attached hydrogens (tertiary/aromatic N) is 3. The van der Waals surface area contributed by atoms with Crippen LogP contribution in [-0.4, -0.2) is 14.8 Å². The monoisotopic (exact) mass is 312 g/mol. The van der Waals surface area contributed by atoms with Crippen molar-refractivity contribution in [3.8, 4) is 0 Å². The first-order chi connectivity index (χ1) is 8.58. The Labute approximate surface area is 113 Å². The van der Waals surface area contributed by atoms with E-state index in [1.807, 2.05) is 18.5 Å². The fourth-order valence-electron chi connectivity index (χ4n) is 1.64. The van der Waals surface area contributed by atoms with Gasteiger partial charge in [-0.25, -0.2) is 14.1 Å². The number of benzene rings is 1. The molecule has 0 fully saturated rings. The number of rotatable bonds is 4. The van der Waals surface area contributed by atoms with Crippen LogP contribution in [0.5, 0.6) is 0 Å². The zero-order valence-corrected chi connectivity index (χ0v) is 11.8. The van der Waals surface area contributed by atoms with Crippen molar-refractivity contribution in [2.75, 3.05) is 5.32 Å². The second-order valence-corrected chi connectivity index (χ2v) is 5.11. The maximum absolute atomic E-state index is 13.5. The maximum Gasteiger partial charge on any atom is 0.146 e. The highest BCUT2D eigenvalue weighted by Crippen LogP contribution is 2.20. The highest BCUT2D eigenvalue weighted by molar-refractivity contribution is 9.10. The van der Waals surface area contributed by atoms with Gasteiger partial charge in [-0.15, -0.1) is 0 Å². The van der Waals surface area contributed by atoms with Crippen LogP contribution in [0.3, 0.4) is 0 Å². The summed E-state index contributed by atoms with van der Waals surface area (Å²) >= 11 is 3.31. The molecule has 0 bridgehead atoms. The minimum absolute atomic E-state index is 0.233.